The summed E-state index contributed by atoms with van der Waals surface area (Å²) in [5, 5.41) is 5.59. The minimum atomic E-state index is -0.396. The fourth-order valence-electron chi connectivity index (χ4n) is 3.54. The molecule has 0 radical (unpaired) electrons. The zero-order valence-electron chi connectivity index (χ0n) is 18.2. The van der Waals surface area contributed by atoms with Crippen LogP contribution in [0.3, 0.4) is 0 Å². The number of anilines is 1. The van der Waals surface area contributed by atoms with Gasteiger partial charge in [0.25, 0.3) is 5.91 Å². The number of hydrogen-bond donors (Lipinski definition) is 2. The molecule has 7 heteroatoms. The Morgan fingerprint density at radius 3 is 2.48 bits per heavy atom. The van der Waals surface area contributed by atoms with Crippen molar-refractivity contribution in [3.05, 3.63) is 59.7 Å². The number of amides is 3. The van der Waals surface area contributed by atoms with Crippen molar-refractivity contribution < 1.29 is 19.1 Å². The van der Waals surface area contributed by atoms with Crippen molar-refractivity contribution in [2.24, 2.45) is 5.92 Å². The highest BCUT2D eigenvalue weighted by Crippen LogP contribution is 2.27. The lowest BCUT2D eigenvalue weighted by molar-refractivity contribution is -0.126. The zero-order valence-corrected chi connectivity index (χ0v) is 18.2. The summed E-state index contributed by atoms with van der Waals surface area (Å²) in [5.74, 6) is 0.213. The monoisotopic (exact) mass is 423 g/mol. The number of carbonyl (C=O) groups excluding carboxylic acids is 3. The highest BCUT2D eigenvalue weighted by molar-refractivity contribution is 6.00. The van der Waals surface area contributed by atoms with Crippen molar-refractivity contribution in [2.75, 3.05) is 31.6 Å². The van der Waals surface area contributed by atoms with E-state index in [1.165, 1.54) is 0 Å². The summed E-state index contributed by atoms with van der Waals surface area (Å²) >= 11 is 0. The summed E-state index contributed by atoms with van der Waals surface area (Å²) in [7, 11) is 1.57. The SMILES string of the molecule is COc1ccc(C(=O)NCCNC(=O)C2CC(=O)N(c3cccc(C(C)C)c3)C2)cc1. The number of ether oxygens (including phenoxy) is 1. The van der Waals surface area contributed by atoms with E-state index in [0.29, 0.717) is 36.9 Å². The highest BCUT2D eigenvalue weighted by Gasteiger charge is 2.35. The van der Waals surface area contributed by atoms with Crippen LogP contribution in [0, 0.1) is 5.92 Å². The largest absolute Gasteiger partial charge is 0.497 e. The molecule has 2 aromatic rings. The van der Waals surface area contributed by atoms with Gasteiger partial charge >= 0.3 is 0 Å². The zero-order chi connectivity index (χ0) is 22.4. The van der Waals surface area contributed by atoms with E-state index in [0.717, 1.165) is 11.3 Å². The Labute approximate surface area is 182 Å². The maximum absolute atomic E-state index is 12.5. The molecule has 0 aromatic heterocycles. The van der Waals surface area contributed by atoms with Crippen LogP contribution in [0.2, 0.25) is 0 Å². The first-order valence-electron chi connectivity index (χ1n) is 10.5. The van der Waals surface area contributed by atoms with Gasteiger partial charge in [-0.15, -0.1) is 0 Å². The Hall–Kier alpha value is -3.35. The van der Waals surface area contributed by atoms with E-state index in [1.807, 2.05) is 24.3 Å². The van der Waals surface area contributed by atoms with Gasteiger partial charge in [0, 0.05) is 37.3 Å². The number of nitrogens with one attached hydrogen (secondary N) is 2. The number of rotatable bonds is 8. The van der Waals surface area contributed by atoms with Gasteiger partial charge < -0.3 is 20.3 Å². The topological polar surface area (TPSA) is 87.7 Å². The summed E-state index contributed by atoms with van der Waals surface area (Å²) in [6.07, 6.45) is 0.190. The molecular weight excluding hydrogens is 394 g/mol. The molecule has 0 aliphatic carbocycles. The van der Waals surface area contributed by atoms with E-state index in [-0.39, 0.29) is 24.1 Å². The molecule has 0 spiro atoms. The Morgan fingerprint density at radius 2 is 1.81 bits per heavy atom. The smallest absolute Gasteiger partial charge is 0.251 e. The molecule has 164 valence electrons. The fourth-order valence-corrected chi connectivity index (χ4v) is 3.54. The predicted molar refractivity (Wildman–Crippen MR) is 119 cm³/mol. The van der Waals surface area contributed by atoms with Crippen LogP contribution in [0.5, 0.6) is 5.75 Å². The second kappa shape index (κ2) is 10.1. The van der Waals surface area contributed by atoms with Crippen molar-refractivity contribution in [2.45, 2.75) is 26.2 Å². The molecule has 7 nitrogen and oxygen atoms in total. The molecule has 1 aliphatic rings. The van der Waals surface area contributed by atoms with E-state index < -0.39 is 5.92 Å². The molecule has 1 unspecified atom stereocenters. The van der Waals surface area contributed by atoms with Crippen molar-refractivity contribution in [3.63, 3.8) is 0 Å². The Kier molecular flexibility index (Phi) is 7.28. The third-order valence-corrected chi connectivity index (χ3v) is 5.41. The fraction of sp³-hybridized carbons (Fsp3) is 0.375. The van der Waals surface area contributed by atoms with E-state index in [9.17, 15) is 14.4 Å². The maximum Gasteiger partial charge on any atom is 0.251 e. The van der Waals surface area contributed by atoms with Gasteiger partial charge in [-0.1, -0.05) is 26.0 Å². The summed E-state index contributed by atoms with van der Waals surface area (Å²) in [6, 6.07) is 14.7. The van der Waals surface area contributed by atoms with Crippen LogP contribution in [-0.4, -0.2) is 44.5 Å². The van der Waals surface area contributed by atoms with Crippen LogP contribution in [0.1, 0.15) is 42.1 Å². The molecule has 3 amide bonds. The molecule has 1 fully saturated rings. The first-order chi connectivity index (χ1) is 14.9. The van der Waals surface area contributed by atoms with Crippen LogP contribution in [0.25, 0.3) is 0 Å². The minimum absolute atomic E-state index is 0.0473. The van der Waals surface area contributed by atoms with Gasteiger partial charge in [-0.05, 0) is 47.9 Å². The number of benzene rings is 2. The number of nitrogens with zero attached hydrogens (tertiary/aromatic N) is 1. The van der Waals surface area contributed by atoms with Gasteiger partial charge in [-0.3, -0.25) is 14.4 Å². The summed E-state index contributed by atoms with van der Waals surface area (Å²) < 4.78 is 5.08. The molecule has 0 bridgehead atoms. The lowest BCUT2D eigenvalue weighted by atomic mass is 10.0. The quantitative estimate of drug-likeness (QED) is 0.639. The van der Waals surface area contributed by atoms with Crippen LogP contribution in [0.4, 0.5) is 5.69 Å². The second-order valence-corrected chi connectivity index (χ2v) is 7.93. The van der Waals surface area contributed by atoms with Gasteiger partial charge in [0.05, 0.1) is 13.0 Å². The third-order valence-electron chi connectivity index (χ3n) is 5.41. The Bertz CT molecular complexity index is 940. The van der Waals surface area contributed by atoms with Crippen molar-refractivity contribution in [1.29, 1.82) is 0 Å². The minimum Gasteiger partial charge on any atom is -0.497 e. The Balaban J connectivity index is 1.46. The molecule has 31 heavy (non-hydrogen) atoms. The first-order valence-corrected chi connectivity index (χ1v) is 10.5. The van der Waals surface area contributed by atoms with Crippen LogP contribution >= 0.6 is 0 Å². The number of methoxy groups -OCH3 is 1. The van der Waals surface area contributed by atoms with Crippen molar-refractivity contribution >= 4 is 23.4 Å². The van der Waals surface area contributed by atoms with Gasteiger partial charge in [0.1, 0.15) is 5.75 Å². The number of hydrogen-bond acceptors (Lipinski definition) is 4. The lowest BCUT2D eigenvalue weighted by Gasteiger charge is -2.18. The van der Waals surface area contributed by atoms with E-state index in [2.05, 4.69) is 24.5 Å². The third kappa shape index (κ3) is 5.63. The molecule has 2 N–H and O–H groups in total. The van der Waals surface area contributed by atoms with Crippen LogP contribution < -0.4 is 20.3 Å². The molecule has 1 saturated heterocycles. The van der Waals surface area contributed by atoms with Gasteiger partial charge in [-0.2, -0.15) is 0 Å². The molecule has 0 saturated carbocycles. The summed E-state index contributed by atoms with van der Waals surface area (Å²) in [4.78, 5) is 38.8. The van der Waals surface area contributed by atoms with Crippen LogP contribution in [-0.2, 0) is 9.59 Å². The van der Waals surface area contributed by atoms with Gasteiger partial charge in [0.2, 0.25) is 11.8 Å². The summed E-state index contributed by atoms with van der Waals surface area (Å²) in [5.41, 5.74) is 2.51. The van der Waals surface area contributed by atoms with Crippen molar-refractivity contribution in [1.82, 2.24) is 10.6 Å². The average molecular weight is 424 g/mol. The lowest BCUT2D eigenvalue weighted by Crippen LogP contribution is -2.38. The molecular formula is C24H29N3O4. The summed E-state index contributed by atoms with van der Waals surface area (Å²) in [6.45, 7) is 5.18. The standard InChI is InChI=1S/C24H29N3O4/c1-16(2)18-5-4-6-20(13-18)27-15-19(14-22(27)28)24(30)26-12-11-25-23(29)17-7-9-21(31-3)10-8-17/h4-10,13,16,19H,11-12,14-15H2,1-3H3,(H,25,29)(H,26,30). The molecule has 3 rings (SSSR count). The maximum atomic E-state index is 12.5. The second-order valence-electron chi connectivity index (χ2n) is 7.93. The average Bonchev–Trinajstić information content (AvgIpc) is 3.18. The normalized spacial score (nSPS) is 15.8. The predicted octanol–water partition coefficient (Wildman–Crippen LogP) is 2.72. The first kappa shape index (κ1) is 22.3. The van der Waals surface area contributed by atoms with Crippen molar-refractivity contribution in [3.8, 4) is 5.75 Å². The molecule has 1 aliphatic heterocycles. The highest BCUT2D eigenvalue weighted by atomic mass is 16.5. The van der Waals surface area contributed by atoms with Crippen LogP contribution in [0.15, 0.2) is 48.5 Å². The Morgan fingerprint density at radius 1 is 1.10 bits per heavy atom. The van der Waals surface area contributed by atoms with Gasteiger partial charge in [0.15, 0.2) is 0 Å². The molecule has 1 heterocycles. The van der Waals surface area contributed by atoms with Gasteiger partial charge in [-0.25, -0.2) is 0 Å². The van der Waals surface area contributed by atoms with E-state index in [4.69, 9.17) is 4.74 Å². The van der Waals surface area contributed by atoms with E-state index >= 15 is 0 Å². The number of carbonyl (C=O) groups is 3. The van der Waals surface area contributed by atoms with E-state index in [1.54, 1.807) is 36.3 Å². The molecule has 1 atom stereocenters. The molecule has 2 aromatic carbocycles.